The van der Waals surface area contributed by atoms with E-state index in [0.717, 1.165) is 12.6 Å². The van der Waals surface area contributed by atoms with E-state index < -0.39 is 5.92 Å². The SMILES string of the molecule is CC(F)(F)c1cc(Cl)c2ncn(-c3nc(OCCc4ccccn4)ncc3Cl)c2c1. The third-order valence-corrected chi connectivity index (χ3v) is 4.91. The van der Waals surface area contributed by atoms with Crippen LogP contribution < -0.4 is 4.74 Å². The maximum Gasteiger partial charge on any atom is 0.318 e. The summed E-state index contributed by atoms with van der Waals surface area (Å²) in [5.41, 5.74) is 1.34. The van der Waals surface area contributed by atoms with Crippen molar-refractivity contribution in [2.24, 2.45) is 0 Å². The number of ether oxygens (including phenoxy) is 1. The van der Waals surface area contributed by atoms with Crippen molar-refractivity contribution in [2.45, 2.75) is 19.3 Å². The number of halogens is 4. The fraction of sp³-hybridized carbons (Fsp3) is 0.200. The monoisotopic (exact) mass is 449 g/mol. The molecule has 4 aromatic rings. The lowest BCUT2D eigenvalue weighted by atomic mass is 10.1. The van der Waals surface area contributed by atoms with Gasteiger partial charge in [-0.3, -0.25) is 9.55 Å². The molecule has 0 saturated heterocycles. The summed E-state index contributed by atoms with van der Waals surface area (Å²) in [7, 11) is 0. The van der Waals surface area contributed by atoms with Gasteiger partial charge in [0, 0.05) is 30.8 Å². The predicted octanol–water partition coefficient (Wildman–Crippen LogP) is 5.25. The Bertz CT molecular complexity index is 1200. The number of rotatable bonds is 6. The first kappa shape index (κ1) is 20.4. The molecule has 0 saturated carbocycles. The van der Waals surface area contributed by atoms with E-state index in [9.17, 15) is 8.78 Å². The minimum atomic E-state index is -3.07. The number of benzene rings is 1. The average molecular weight is 450 g/mol. The quantitative estimate of drug-likeness (QED) is 0.402. The van der Waals surface area contributed by atoms with Crippen molar-refractivity contribution in [3.8, 4) is 11.8 Å². The zero-order valence-corrected chi connectivity index (χ0v) is 17.2. The third-order valence-electron chi connectivity index (χ3n) is 4.36. The van der Waals surface area contributed by atoms with Gasteiger partial charge < -0.3 is 4.74 Å². The Hall–Kier alpha value is -2.84. The highest BCUT2D eigenvalue weighted by Gasteiger charge is 2.27. The molecule has 10 heteroatoms. The highest BCUT2D eigenvalue weighted by Crippen LogP contribution is 2.34. The van der Waals surface area contributed by atoms with Gasteiger partial charge >= 0.3 is 6.01 Å². The second-order valence-corrected chi connectivity index (χ2v) is 7.39. The normalized spacial score (nSPS) is 11.8. The Labute approximate surface area is 180 Å². The van der Waals surface area contributed by atoms with Gasteiger partial charge in [0.15, 0.2) is 5.82 Å². The molecule has 6 nitrogen and oxygen atoms in total. The van der Waals surface area contributed by atoms with Crippen molar-refractivity contribution in [3.63, 3.8) is 0 Å². The van der Waals surface area contributed by atoms with Gasteiger partial charge in [0.05, 0.1) is 23.3 Å². The van der Waals surface area contributed by atoms with E-state index in [1.165, 1.54) is 29.2 Å². The standard InChI is InChI=1S/C20H15Cl2F2N5O/c1-20(23,24)12-8-14(21)17-16(9-12)29(11-27-17)18-15(22)10-26-19(28-18)30-7-5-13-4-2-3-6-25-13/h2-4,6,8-11H,5,7H2,1H3. The molecule has 0 radical (unpaired) electrons. The van der Waals surface area contributed by atoms with Crippen LogP contribution in [0.15, 0.2) is 49.1 Å². The molecule has 0 N–H and O–H groups in total. The van der Waals surface area contributed by atoms with Crippen molar-refractivity contribution in [2.75, 3.05) is 6.61 Å². The number of nitrogens with zero attached hydrogens (tertiary/aromatic N) is 5. The molecule has 3 aromatic heterocycles. The van der Waals surface area contributed by atoms with Crippen LogP contribution in [0.5, 0.6) is 6.01 Å². The van der Waals surface area contributed by atoms with E-state index in [1.54, 1.807) is 6.20 Å². The molecule has 0 spiro atoms. The summed E-state index contributed by atoms with van der Waals surface area (Å²) in [4.78, 5) is 16.8. The highest BCUT2D eigenvalue weighted by atomic mass is 35.5. The molecule has 3 heterocycles. The van der Waals surface area contributed by atoms with Crippen molar-refractivity contribution < 1.29 is 13.5 Å². The first-order valence-corrected chi connectivity index (χ1v) is 9.69. The summed E-state index contributed by atoms with van der Waals surface area (Å²) < 4.78 is 34.8. The Morgan fingerprint density at radius 2 is 1.93 bits per heavy atom. The molecule has 30 heavy (non-hydrogen) atoms. The molecule has 0 unspecified atom stereocenters. The van der Waals surface area contributed by atoms with Crippen LogP contribution in [0.4, 0.5) is 8.78 Å². The molecule has 0 aliphatic rings. The first-order chi connectivity index (χ1) is 14.3. The summed E-state index contributed by atoms with van der Waals surface area (Å²) in [6.07, 6.45) is 5.07. The van der Waals surface area contributed by atoms with Crippen LogP contribution >= 0.6 is 23.2 Å². The predicted molar refractivity (Wildman–Crippen MR) is 110 cm³/mol. The van der Waals surface area contributed by atoms with E-state index in [0.29, 0.717) is 24.1 Å². The molecular weight excluding hydrogens is 435 g/mol. The molecular formula is C20H15Cl2F2N5O. The second kappa shape index (κ2) is 8.12. The maximum absolute atomic E-state index is 13.9. The van der Waals surface area contributed by atoms with Gasteiger partial charge in [0.2, 0.25) is 0 Å². The lowest BCUT2D eigenvalue weighted by Crippen LogP contribution is -2.08. The van der Waals surface area contributed by atoms with Gasteiger partial charge in [-0.25, -0.2) is 18.7 Å². The fourth-order valence-corrected chi connectivity index (χ4v) is 3.32. The van der Waals surface area contributed by atoms with Gasteiger partial charge in [-0.05, 0) is 24.3 Å². The van der Waals surface area contributed by atoms with Gasteiger partial charge in [0.25, 0.3) is 5.92 Å². The van der Waals surface area contributed by atoms with Crippen molar-refractivity contribution in [1.82, 2.24) is 24.5 Å². The maximum atomic E-state index is 13.9. The zero-order chi connectivity index (χ0) is 21.3. The van der Waals surface area contributed by atoms with Crippen LogP contribution in [-0.2, 0) is 12.3 Å². The molecule has 0 bridgehead atoms. The van der Waals surface area contributed by atoms with Crippen LogP contribution in [-0.4, -0.2) is 31.1 Å². The Morgan fingerprint density at radius 3 is 2.67 bits per heavy atom. The number of hydrogen-bond acceptors (Lipinski definition) is 5. The van der Waals surface area contributed by atoms with Gasteiger partial charge in [0.1, 0.15) is 16.9 Å². The minimum Gasteiger partial charge on any atom is -0.463 e. The number of aromatic nitrogens is 5. The summed E-state index contributed by atoms with van der Waals surface area (Å²) in [6.45, 7) is 1.11. The summed E-state index contributed by atoms with van der Waals surface area (Å²) in [6, 6.07) is 8.22. The van der Waals surface area contributed by atoms with E-state index in [4.69, 9.17) is 27.9 Å². The van der Waals surface area contributed by atoms with Crippen LogP contribution in [0.2, 0.25) is 10.0 Å². The Kier molecular flexibility index (Phi) is 5.53. The Morgan fingerprint density at radius 1 is 1.10 bits per heavy atom. The highest BCUT2D eigenvalue weighted by molar-refractivity contribution is 6.35. The largest absolute Gasteiger partial charge is 0.463 e. The molecule has 0 amide bonds. The van der Waals surface area contributed by atoms with Gasteiger partial charge in [-0.15, -0.1) is 0 Å². The van der Waals surface area contributed by atoms with E-state index >= 15 is 0 Å². The van der Waals surface area contributed by atoms with Gasteiger partial charge in [-0.2, -0.15) is 4.98 Å². The summed E-state index contributed by atoms with van der Waals surface area (Å²) in [5, 5.41) is 0.316. The topological polar surface area (TPSA) is 65.7 Å². The van der Waals surface area contributed by atoms with Crippen molar-refractivity contribution in [1.29, 1.82) is 0 Å². The first-order valence-electron chi connectivity index (χ1n) is 8.93. The van der Waals surface area contributed by atoms with Crippen LogP contribution in [0, 0.1) is 0 Å². The molecule has 1 aromatic carbocycles. The summed E-state index contributed by atoms with van der Waals surface area (Å²) in [5.74, 6) is -2.82. The molecule has 154 valence electrons. The molecule has 4 rings (SSSR count). The summed E-state index contributed by atoms with van der Waals surface area (Å²) >= 11 is 12.4. The van der Waals surface area contributed by atoms with Crippen LogP contribution in [0.3, 0.4) is 0 Å². The number of fused-ring (bicyclic) bond motifs is 1. The minimum absolute atomic E-state index is 0.0928. The smallest absolute Gasteiger partial charge is 0.318 e. The molecule has 0 aliphatic heterocycles. The van der Waals surface area contributed by atoms with E-state index in [-0.39, 0.29) is 27.4 Å². The number of alkyl halides is 2. The molecule has 0 fully saturated rings. The van der Waals surface area contributed by atoms with Crippen LogP contribution in [0.25, 0.3) is 16.9 Å². The third kappa shape index (κ3) is 4.20. The molecule has 0 aliphatic carbocycles. The lowest BCUT2D eigenvalue weighted by molar-refractivity contribution is 0.0176. The molecule has 0 atom stereocenters. The van der Waals surface area contributed by atoms with Crippen molar-refractivity contribution in [3.05, 3.63) is 70.4 Å². The lowest BCUT2D eigenvalue weighted by Gasteiger charge is -2.13. The Balaban J connectivity index is 1.66. The van der Waals surface area contributed by atoms with E-state index in [2.05, 4.69) is 19.9 Å². The van der Waals surface area contributed by atoms with Crippen molar-refractivity contribution >= 4 is 34.2 Å². The average Bonchev–Trinajstić information content (AvgIpc) is 3.14. The second-order valence-electron chi connectivity index (χ2n) is 6.57. The van der Waals surface area contributed by atoms with Gasteiger partial charge in [-0.1, -0.05) is 29.3 Å². The number of hydrogen-bond donors (Lipinski definition) is 0. The van der Waals surface area contributed by atoms with Crippen LogP contribution in [0.1, 0.15) is 18.2 Å². The fourth-order valence-electron chi connectivity index (χ4n) is 2.87. The zero-order valence-electron chi connectivity index (χ0n) is 15.7. The van der Waals surface area contributed by atoms with E-state index in [1.807, 2.05) is 18.2 Å². The number of pyridine rings is 1. The number of imidazole rings is 1.